The summed E-state index contributed by atoms with van der Waals surface area (Å²) in [6, 6.07) is 14.5. The number of methoxy groups -OCH3 is 1. The Hall–Kier alpha value is -3.12. The van der Waals surface area contributed by atoms with Crippen LogP contribution in [0.2, 0.25) is 0 Å². The van der Waals surface area contributed by atoms with Gasteiger partial charge in [0.25, 0.3) is 0 Å². The van der Waals surface area contributed by atoms with Crippen molar-refractivity contribution in [3.8, 4) is 17.6 Å². The molecule has 1 aliphatic rings. The summed E-state index contributed by atoms with van der Waals surface area (Å²) in [5, 5.41) is 7.28. The molecule has 0 unspecified atom stereocenters. The van der Waals surface area contributed by atoms with Crippen LogP contribution >= 0.6 is 0 Å². The van der Waals surface area contributed by atoms with Crippen molar-refractivity contribution in [2.45, 2.75) is 31.6 Å². The van der Waals surface area contributed by atoms with Crippen LogP contribution in [0.15, 0.2) is 48.5 Å². The summed E-state index contributed by atoms with van der Waals surface area (Å²) in [6.45, 7) is -0.831. The highest BCUT2D eigenvalue weighted by atomic mass is 32.2. The number of nitrogens with zero attached hydrogens (tertiary/aromatic N) is 1. The number of aromatic nitrogens is 1. The molecule has 0 atom stereocenters. The van der Waals surface area contributed by atoms with Crippen molar-refractivity contribution in [1.82, 2.24) is 4.57 Å². The molecule has 4 rings (SSSR count). The van der Waals surface area contributed by atoms with Gasteiger partial charge in [-0.3, -0.25) is 4.21 Å². The Labute approximate surface area is 199 Å². The Balaban J connectivity index is 1.58. The summed E-state index contributed by atoms with van der Waals surface area (Å²) in [6.07, 6.45) is -2.83. The SMILES string of the molecule is COc1ccc(NCC#Cc2cc3c(NC4CCS(=O)CC4)cccc3n2CC(F)(F)F)cc1. The lowest BCUT2D eigenvalue weighted by molar-refractivity contribution is -0.140. The van der Waals surface area contributed by atoms with E-state index in [1.165, 1.54) is 4.57 Å². The van der Waals surface area contributed by atoms with Gasteiger partial charge in [0, 0.05) is 45.1 Å². The average molecular weight is 490 g/mol. The molecule has 2 heterocycles. The summed E-state index contributed by atoms with van der Waals surface area (Å²) >= 11 is 0. The Morgan fingerprint density at radius 2 is 1.88 bits per heavy atom. The third-order valence-corrected chi connectivity index (χ3v) is 7.10. The maximum absolute atomic E-state index is 13.4. The minimum atomic E-state index is -4.37. The third kappa shape index (κ3) is 6.06. The first-order valence-electron chi connectivity index (χ1n) is 11.0. The number of hydrogen-bond acceptors (Lipinski definition) is 4. The van der Waals surface area contributed by atoms with E-state index in [-0.39, 0.29) is 12.6 Å². The zero-order valence-electron chi connectivity index (χ0n) is 18.7. The van der Waals surface area contributed by atoms with E-state index in [2.05, 4.69) is 22.5 Å². The number of benzene rings is 2. The maximum atomic E-state index is 13.4. The summed E-state index contributed by atoms with van der Waals surface area (Å²) < 4.78 is 58.1. The topological polar surface area (TPSA) is 55.3 Å². The number of fused-ring (bicyclic) bond motifs is 1. The molecule has 1 saturated heterocycles. The minimum absolute atomic E-state index is 0.150. The molecular formula is C25H26F3N3O2S. The molecule has 34 heavy (non-hydrogen) atoms. The first kappa shape index (κ1) is 24.0. The molecule has 0 bridgehead atoms. The number of halogens is 3. The fourth-order valence-corrected chi connectivity index (χ4v) is 5.31. The van der Waals surface area contributed by atoms with Gasteiger partial charge >= 0.3 is 6.18 Å². The Kier molecular flexibility index (Phi) is 7.37. The van der Waals surface area contributed by atoms with Gasteiger partial charge in [-0.25, -0.2) is 0 Å². The van der Waals surface area contributed by atoms with Gasteiger partial charge in [0.1, 0.15) is 12.3 Å². The third-order valence-electron chi connectivity index (χ3n) is 5.72. The Bertz CT molecular complexity index is 1220. The van der Waals surface area contributed by atoms with Crippen molar-refractivity contribution >= 4 is 33.1 Å². The lowest BCUT2D eigenvalue weighted by Crippen LogP contribution is -2.29. The molecule has 0 amide bonds. The van der Waals surface area contributed by atoms with Crippen molar-refractivity contribution in [2.75, 3.05) is 35.8 Å². The molecule has 2 aromatic carbocycles. The number of rotatable bonds is 6. The highest BCUT2D eigenvalue weighted by Crippen LogP contribution is 2.31. The summed E-state index contributed by atoms with van der Waals surface area (Å²) in [5.74, 6) is 7.86. The molecule has 1 aromatic heterocycles. The van der Waals surface area contributed by atoms with Crippen molar-refractivity contribution in [3.63, 3.8) is 0 Å². The van der Waals surface area contributed by atoms with Crippen LogP contribution in [0.5, 0.6) is 5.75 Å². The molecule has 0 saturated carbocycles. The number of alkyl halides is 3. The molecule has 0 aliphatic carbocycles. The molecular weight excluding hydrogens is 463 g/mol. The van der Waals surface area contributed by atoms with Gasteiger partial charge in [0.05, 0.1) is 24.9 Å². The standard InChI is InChI=1S/C25H26F3N3O2S/c1-33-21-9-7-18(8-10-21)29-13-3-4-20-16-22-23(30-19-11-14-34(32)15-12-19)5-2-6-24(22)31(20)17-25(26,27)28/h2,5-10,16,19,29-30H,11-15,17H2,1H3. The van der Waals surface area contributed by atoms with E-state index in [4.69, 9.17) is 4.74 Å². The van der Waals surface area contributed by atoms with Crippen molar-refractivity contribution in [1.29, 1.82) is 0 Å². The van der Waals surface area contributed by atoms with Gasteiger partial charge in [0.2, 0.25) is 0 Å². The highest BCUT2D eigenvalue weighted by molar-refractivity contribution is 7.85. The van der Waals surface area contributed by atoms with E-state index >= 15 is 0 Å². The van der Waals surface area contributed by atoms with Gasteiger partial charge in [0.15, 0.2) is 0 Å². The van der Waals surface area contributed by atoms with E-state index in [0.29, 0.717) is 28.1 Å². The number of anilines is 2. The van der Waals surface area contributed by atoms with Crippen LogP contribution in [0, 0.1) is 11.8 Å². The normalized spacial score (nSPS) is 18.2. The summed E-state index contributed by atoms with van der Waals surface area (Å²) in [7, 11) is 0.812. The highest BCUT2D eigenvalue weighted by Gasteiger charge is 2.30. The lowest BCUT2D eigenvalue weighted by atomic mass is 10.1. The fraction of sp³-hybridized carbons (Fsp3) is 0.360. The van der Waals surface area contributed by atoms with Gasteiger partial charge in [-0.05, 0) is 61.2 Å². The predicted octanol–water partition coefficient (Wildman–Crippen LogP) is 5.00. The zero-order chi connectivity index (χ0) is 24.1. The predicted molar refractivity (Wildman–Crippen MR) is 131 cm³/mol. The number of nitrogens with one attached hydrogen (secondary N) is 2. The number of hydrogen-bond donors (Lipinski definition) is 2. The van der Waals surface area contributed by atoms with Gasteiger partial charge in [-0.1, -0.05) is 12.0 Å². The smallest absolute Gasteiger partial charge is 0.406 e. The molecule has 1 aliphatic heterocycles. The van der Waals surface area contributed by atoms with Crippen LogP contribution < -0.4 is 15.4 Å². The van der Waals surface area contributed by atoms with Gasteiger partial charge in [-0.15, -0.1) is 0 Å². The van der Waals surface area contributed by atoms with Gasteiger partial charge < -0.3 is 19.9 Å². The van der Waals surface area contributed by atoms with Crippen LogP contribution in [-0.4, -0.2) is 46.2 Å². The molecule has 0 radical (unpaired) electrons. The van der Waals surface area contributed by atoms with E-state index in [1.807, 2.05) is 30.3 Å². The van der Waals surface area contributed by atoms with Crippen LogP contribution in [0.1, 0.15) is 18.5 Å². The second-order valence-corrected chi connectivity index (χ2v) is 9.82. The Morgan fingerprint density at radius 1 is 1.15 bits per heavy atom. The fourth-order valence-electron chi connectivity index (χ4n) is 4.01. The van der Waals surface area contributed by atoms with E-state index in [9.17, 15) is 17.4 Å². The maximum Gasteiger partial charge on any atom is 0.406 e. The van der Waals surface area contributed by atoms with Crippen molar-refractivity contribution in [2.24, 2.45) is 0 Å². The van der Waals surface area contributed by atoms with E-state index in [1.54, 1.807) is 25.3 Å². The van der Waals surface area contributed by atoms with Crippen molar-refractivity contribution in [3.05, 3.63) is 54.2 Å². The van der Waals surface area contributed by atoms with E-state index in [0.717, 1.165) is 30.0 Å². The van der Waals surface area contributed by atoms with Gasteiger partial charge in [-0.2, -0.15) is 13.2 Å². The number of ether oxygens (including phenoxy) is 1. The second kappa shape index (κ2) is 10.4. The first-order valence-corrected chi connectivity index (χ1v) is 12.5. The molecule has 9 heteroatoms. The molecule has 2 N–H and O–H groups in total. The summed E-state index contributed by atoms with van der Waals surface area (Å²) in [5.41, 5.74) is 2.40. The lowest BCUT2D eigenvalue weighted by Gasteiger charge is -2.24. The van der Waals surface area contributed by atoms with Crippen LogP contribution in [0.25, 0.3) is 10.9 Å². The second-order valence-electron chi connectivity index (χ2n) is 8.12. The van der Waals surface area contributed by atoms with Crippen LogP contribution in [0.4, 0.5) is 24.5 Å². The molecule has 0 spiro atoms. The quantitative estimate of drug-likeness (QED) is 0.479. The Morgan fingerprint density at radius 3 is 2.56 bits per heavy atom. The molecule has 3 aromatic rings. The van der Waals surface area contributed by atoms with E-state index < -0.39 is 23.5 Å². The first-order chi connectivity index (χ1) is 16.3. The zero-order valence-corrected chi connectivity index (χ0v) is 19.6. The largest absolute Gasteiger partial charge is 0.497 e. The van der Waals surface area contributed by atoms with Crippen molar-refractivity contribution < 1.29 is 22.1 Å². The van der Waals surface area contributed by atoms with Crippen LogP contribution in [-0.2, 0) is 17.3 Å². The van der Waals surface area contributed by atoms with Crippen LogP contribution in [0.3, 0.4) is 0 Å². The summed E-state index contributed by atoms with van der Waals surface area (Å²) in [4.78, 5) is 0. The molecule has 5 nitrogen and oxygen atoms in total. The molecule has 1 fully saturated rings. The monoisotopic (exact) mass is 489 g/mol. The average Bonchev–Trinajstić information content (AvgIpc) is 3.15. The molecule has 180 valence electrons. The minimum Gasteiger partial charge on any atom is -0.497 e.